The van der Waals surface area contributed by atoms with Gasteiger partial charge in [0.05, 0.1) is 19.1 Å². The zero-order valence-electron chi connectivity index (χ0n) is 16.5. The summed E-state index contributed by atoms with van der Waals surface area (Å²) in [6.45, 7) is 2.30. The maximum atomic E-state index is 12.9. The molecular weight excluding hydrogens is 368 g/mol. The Kier molecular flexibility index (Phi) is 5.49. The van der Waals surface area contributed by atoms with Gasteiger partial charge in [-0.05, 0) is 17.7 Å². The summed E-state index contributed by atoms with van der Waals surface area (Å²) in [6.07, 6.45) is 0.370. The molecule has 152 valence electrons. The van der Waals surface area contributed by atoms with Crippen molar-refractivity contribution < 1.29 is 14.3 Å². The summed E-state index contributed by atoms with van der Waals surface area (Å²) >= 11 is 0. The van der Waals surface area contributed by atoms with E-state index in [9.17, 15) is 9.59 Å². The van der Waals surface area contributed by atoms with Gasteiger partial charge >= 0.3 is 0 Å². The van der Waals surface area contributed by atoms with Crippen molar-refractivity contribution in [2.75, 3.05) is 39.1 Å². The molecule has 2 aliphatic heterocycles. The van der Waals surface area contributed by atoms with E-state index in [-0.39, 0.29) is 29.7 Å². The molecule has 2 amide bonds. The van der Waals surface area contributed by atoms with Crippen LogP contribution in [0.2, 0.25) is 0 Å². The van der Waals surface area contributed by atoms with Crippen molar-refractivity contribution in [1.82, 2.24) is 14.8 Å². The predicted molar refractivity (Wildman–Crippen MR) is 109 cm³/mol. The molecule has 4 rings (SSSR count). The molecule has 1 aromatic heterocycles. The number of aromatic nitrogens is 1. The van der Waals surface area contributed by atoms with Crippen LogP contribution in [-0.4, -0.2) is 59.9 Å². The number of hydrogen-bond acceptors (Lipinski definition) is 5. The minimum Gasteiger partial charge on any atom is -0.384 e. The topological polar surface area (TPSA) is 88.8 Å². The number of amides is 2. The van der Waals surface area contributed by atoms with Gasteiger partial charge in [0, 0.05) is 38.6 Å². The van der Waals surface area contributed by atoms with Crippen LogP contribution < -0.4 is 5.73 Å². The lowest BCUT2D eigenvalue weighted by Gasteiger charge is -2.30. The Morgan fingerprint density at radius 3 is 2.62 bits per heavy atom. The fourth-order valence-electron chi connectivity index (χ4n) is 4.61. The molecule has 1 aromatic carbocycles. The van der Waals surface area contributed by atoms with Crippen molar-refractivity contribution in [1.29, 1.82) is 0 Å². The number of carbonyl (C=O) groups is 2. The van der Waals surface area contributed by atoms with Crippen molar-refractivity contribution in [2.45, 2.75) is 12.5 Å². The van der Waals surface area contributed by atoms with E-state index < -0.39 is 0 Å². The van der Waals surface area contributed by atoms with Crippen molar-refractivity contribution >= 4 is 17.6 Å². The normalized spacial score (nSPS) is 23.3. The van der Waals surface area contributed by atoms with Gasteiger partial charge in [0.15, 0.2) is 0 Å². The highest BCUT2D eigenvalue weighted by molar-refractivity contribution is 5.93. The highest BCUT2D eigenvalue weighted by atomic mass is 16.5. The molecule has 2 aliphatic rings. The number of likely N-dealkylation sites (tertiary alicyclic amines) is 2. The van der Waals surface area contributed by atoms with E-state index in [4.69, 9.17) is 10.5 Å². The first-order valence-electron chi connectivity index (χ1n) is 9.93. The molecule has 7 nitrogen and oxygen atoms in total. The second kappa shape index (κ2) is 8.21. The summed E-state index contributed by atoms with van der Waals surface area (Å²) in [5.74, 6) is 0.791. The zero-order chi connectivity index (χ0) is 20.4. The smallest absolute Gasteiger partial charge is 0.272 e. The minimum atomic E-state index is -0.101. The molecule has 2 fully saturated rings. The maximum absolute atomic E-state index is 12.9. The maximum Gasteiger partial charge on any atom is 0.272 e. The fourth-order valence-corrected chi connectivity index (χ4v) is 4.61. The largest absolute Gasteiger partial charge is 0.384 e. The Labute approximate surface area is 170 Å². The van der Waals surface area contributed by atoms with Crippen LogP contribution in [0.5, 0.6) is 0 Å². The lowest BCUT2D eigenvalue weighted by atomic mass is 9.89. The van der Waals surface area contributed by atoms with Crippen molar-refractivity contribution in [2.24, 2.45) is 11.8 Å². The number of ether oxygens (including phenoxy) is 1. The van der Waals surface area contributed by atoms with Crippen molar-refractivity contribution in [3.8, 4) is 0 Å². The van der Waals surface area contributed by atoms with Gasteiger partial charge in [-0.3, -0.25) is 9.59 Å². The summed E-state index contributed by atoms with van der Waals surface area (Å²) in [7, 11) is 1.61. The quantitative estimate of drug-likeness (QED) is 0.838. The van der Waals surface area contributed by atoms with E-state index >= 15 is 0 Å². The average Bonchev–Trinajstić information content (AvgIpc) is 3.30. The Morgan fingerprint density at radius 2 is 1.90 bits per heavy atom. The number of pyridine rings is 1. The number of hydrogen-bond donors (Lipinski definition) is 1. The predicted octanol–water partition coefficient (Wildman–Crippen LogP) is 1.97. The number of methoxy groups -OCH3 is 1. The van der Waals surface area contributed by atoms with Gasteiger partial charge in [0.2, 0.25) is 5.91 Å². The fraction of sp³-hybridized carbons (Fsp3) is 0.409. The third-order valence-electron chi connectivity index (χ3n) is 5.92. The molecule has 29 heavy (non-hydrogen) atoms. The number of nitrogens with two attached hydrogens (primary N) is 1. The molecule has 0 radical (unpaired) electrons. The summed E-state index contributed by atoms with van der Waals surface area (Å²) in [5.41, 5.74) is 7.22. The van der Waals surface area contributed by atoms with Crippen LogP contribution in [0, 0.1) is 11.8 Å². The van der Waals surface area contributed by atoms with Gasteiger partial charge in [-0.25, -0.2) is 4.98 Å². The highest BCUT2D eigenvalue weighted by Gasteiger charge is 2.50. The number of fused-ring (bicyclic) bond motifs is 1. The summed E-state index contributed by atoms with van der Waals surface area (Å²) in [5, 5.41) is 0. The van der Waals surface area contributed by atoms with Gasteiger partial charge in [0.25, 0.3) is 5.91 Å². The van der Waals surface area contributed by atoms with Crippen LogP contribution in [0.25, 0.3) is 0 Å². The van der Waals surface area contributed by atoms with Gasteiger partial charge in [-0.1, -0.05) is 36.4 Å². The monoisotopic (exact) mass is 394 g/mol. The minimum absolute atomic E-state index is 0.0304. The first kappa shape index (κ1) is 19.4. The molecule has 0 spiro atoms. The molecule has 2 N–H and O–H groups in total. The first-order valence-corrected chi connectivity index (χ1v) is 9.93. The Bertz CT molecular complexity index is 889. The zero-order valence-corrected chi connectivity index (χ0v) is 16.5. The van der Waals surface area contributed by atoms with E-state index in [1.54, 1.807) is 25.3 Å². The summed E-state index contributed by atoms with van der Waals surface area (Å²) in [4.78, 5) is 33.8. The lowest BCUT2D eigenvalue weighted by Crippen LogP contribution is -2.38. The molecule has 7 heteroatoms. The van der Waals surface area contributed by atoms with Gasteiger partial charge < -0.3 is 20.3 Å². The summed E-state index contributed by atoms with van der Waals surface area (Å²) in [6, 6.07) is 15.2. The lowest BCUT2D eigenvalue weighted by molar-refractivity contribution is -0.133. The number of rotatable bonds is 5. The number of benzene rings is 1. The van der Waals surface area contributed by atoms with E-state index in [2.05, 4.69) is 17.1 Å². The third kappa shape index (κ3) is 3.82. The van der Waals surface area contributed by atoms with Gasteiger partial charge in [0.1, 0.15) is 11.5 Å². The van der Waals surface area contributed by atoms with Crippen LogP contribution >= 0.6 is 0 Å². The number of anilines is 1. The van der Waals surface area contributed by atoms with Gasteiger partial charge in [-0.15, -0.1) is 0 Å². The van der Waals surface area contributed by atoms with Crippen molar-refractivity contribution in [3.05, 3.63) is 59.8 Å². The van der Waals surface area contributed by atoms with E-state index in [1.165, 1.54) is 0 Å². The van der Waals surface area contributed by atoms with Crippen molar-refractivity contribution in [3.63, 3.8) is 0 Å². The van der Waals surface area contributed by atoms with Gasteiger partial charge in [-0.2, -0.15) is 0 Å². The van der Waals surface area contributed by atoms with E-state index in [1.807, 2.05) is 28.0 Å². The Balaban J connectivity index is 1.56. The standard InChI is InChI=1S/C22H26N4O3/c1-29-11-10-20(27)26-13-16-12-25(22(28)18-8-5-9-19(23)24-18)14-17(16)21(26)15-6-3-2-4-7-15/h2-9,16-17,21H,10-14H2,1H3,(H2,23,24)/t16-,17-,21+/m0/s1. The Morgan fingerprint density at radius 1 is 1.10 bits per heavy atom. The Hall–Kier alpha value is -2.93. The number of nitrogen functional groups attached to an aromatic ring is 1. The SMILES string of the molecule is COCCC(=O)N1C[C@@H]2CN(C(=O)c3cccc(N)n3)C[C@@H]2[C@H]1c1ccccc1. The molecule has 0 aliphatic carbocycles. The van der Waals surface area contributed by atoms with E-state index in [0.29, 0.717) is 44.2 Å². The molecule has 0 saturated carbocycles. The van der Waals surface area contributed by atoms with Crippen LogP contribution in [0.15, 0.2) is 48.5 Å². The average molecular weight is 394 g/mol. The second-order valence-electron chi connectivity index (χ2n) is 7.73. The number of nitrogens with zero attached hydrogens (tertiary/aromatic N) is 3. The molecule has 3 heterocycles. The molecule has 2 aromatic rings. The molecule has 2 saturated heterocycles. The second-order valence-corrected chi connectivity index (χ2v) is 7.73. The molecule has 0 bridgehead atoms. The highest BCUT2D eigenvalue weighted by Crippen LogP contribution is 2.45. The van der Waals surface area contributed by atoms with Crippen LogP contribution in [0.4, 0.5) is 5.82 Å². The van der Waals surface area contributed by atoms with Crippen LogP contribution in [-0.2, 0) is 9.53 Å². The molecular formula is C22H26N4O3. The third-order valence-corrected chi connectivity index (χ3v) is 5.92. The summed E-state index contributed by atoms with van der Waals surface area (Å²) < 4.78 is 5.10. The first-order chi connectivity index (χ1) is 14.1. The van der Waals surface area contributed by atoms with E-state index in [0.717, 1.165) is 5.56 Å². The van der Waals surface area contributed by atoms with Crippen LogP contribution in [0.1, 0.15) is 28.5 Å². The molecule has 3 atom stereocenters. The molecule has 0 unspecified atom stereocenters. The van der Waals surface area contributed by atoms with Crippen LogP contribution in [0.3, 0.4) is 0 Å². The number of carbonyl (C=O) groups excluding carboxylic acids is 2.